The average molecular weight is 395 g/mol. The van der Waals surface area contributed by atoms with Crippen LogP contribution < -0.4 is 9.80 Å². The molecule has 0 amide bonds. The third-order valence-electron chi connectivity index (χ3n) is 5.46. The first-order valence-corrected chi connectivity index (χ1v) is 10.0. The van der Waals surface area contributed by atoms with E-state index >= 15 is 0 Å². The molecule has 152 valence electrons. The van der Waals surface area contributed by atoms with E-state index < -0.39 is 0 Å². The number of aromatic hydroxyl groups is 1. The number of nitrogens with zero attached hydrogens (tertiary/aromatic N) is 6. The summed E-state index contributed by atoms with van der Waals surface area (Å²) in [5, 5.41) is 22.3. The van der Waals surface area contributed by atoms with Gasteiger partial charge >= 0.3 is 0 Å². The molecule has 1 atom stereocenters. The molecule has 8 heteroatoms. The minimum atomic E-state index is -0.197. The highest BCUT2D eigenvalue weighted by molar-refractivity contribution is 5.48. The number of aromatic nitrogens is 5. The fraction of sp³-hybridized carbons (Fsp3) is 0.429. The topological polar surface area (TPSA) is 84.4 Å². The standard InChI is InChI=1S/C21H27N7O/c1-21(2,3)28-20(23-24-25-28)19(16-8-10-22-11-9-16)27-14-12-26(13-15-27)17-4-6-18(29)7-5-17/h4-11,19,29H,12-15H2,1-3H3/p+1/t19-/m1/s1. The van der Waals surface area contributed by atoms with E-state index in [4.69, 9.17) is 0 Å². The molecule has 3 heterocycles. The minimum Gasteiger partial charge on any atom is -0.508 e. The van der Waals surface area contributed by atoms with E-state index in [-0.39, 0.29) is 11.6 Å². The van der Waals surface area contributed by atoms with E-state index in [1.165, 1.54) is 10.5 Å². The summed E-state index contributed by atoms with van der Waals surface area (Å²) in [5.41, 5.74) is 2.12. The summed E-state index contributed by atoms with van der Waals surface area (Å²) in [4.78, 5) is 7.98. The van der Waals surface area contributed by atoms with Crippen molar-refractivity contribution in [1.82, 2.24) is 25.2 Å². The molecule has 1 aromatic carbocycles. The Kier molecular flexibility index (Phi) is 5.19. The normalized spacial score (nSPS) is 16.7. The number of hydrogen-bond acceptors (Lipinski definition) is 6. The van der Waals surface area contributed by atoms with Gasteiger partial charge in [-0.3, -0.25) is 4.98 Å². The van der Waals surface area contributed by atoms with Gasteiger partial charge in [-0.2, -0.15) is 0 Å². The van der Waals surface area contributed by atoms with Gasteiger partial charge in [0.05, 0.1) is 31.7 Å². The Morgan fingerprint density at radius 3 is 2.28 bits per heavy atom. The molecule has 0 unspecified atom stereocenters. The van der Waals surface area contributed by atoms with E-state index in [1.54, 1.807) is 12.1 Å². The predicted molar refractivity (Wildman–Crippen MR) is 110 cm³/mol. The lowest BCUT2D eigenvalue weighted by Gasteiger charge is -2.37. The number of phenolic OH excluding ortho intramolecular Hbond substituents is 1. The number of nitrogens with one attached hydrogen (secondary N) is 1. The summed E-state index contributed by atoms with van der Waals surface area (Å²) >= 11 is 0. The first-order valence-electron chi connectivity index (χ1n) is 10.0. The molecule has 0 aliphatic carbocycles. The van der Waals surface area contributed by atoms with E-state index in [2.05, 4.69) is 58.3 Å². The molecular formula is C21H28N7O+. The van der Waals surface area contributed by atoms with Gasteiger partial charge in [0.15, 0.2) is 6.04 Å². The van der Waals surface area contributed by atoms with Crippen LogP contribution in [0.25, 0.3) is 0 Å². The van der Waals surface area contributed by atoms with Crippen molar-refractivity contribution in [2.24, 2.45) is 0 Å². The molecule has 3 aromatic rings. The molecule has 0 radical (unpaired) electrons. The molecule has 0 spiro atoms. The fourth-order valence-electron chi connectivity index (χ4n) is 3.98. The van der Waals surface area contributed by atoms with Crippen molar-refractivity contribution < 1.29 is 10.0 Å². The van der Waals surface area contributed by atoms with E-state index in [9.17, 15) is 5.11 Å². The summed E-state index contributed by atoms with van der Waals surface area (Å²) < 4.78 is 1.94. The number of hydrogen-bond donors (Lipinski definition) is 2. The van der Waals surface area contributed by atoms with Crippen molar-refractivity contribution in [2.75, 3.05) is 31.1 Å². The number of pyridine rings is 1. The van der Waals surface area contributed by atoms with Gasteiger partial charge in [0.1, 0.15) is 5.75 Å². The number of anilines is 1. The summed E-state index contributed by atoms with van der Waals surface area (Å²) in [6.45, 7) is 10.1. The monoisotopic (exact) mass is 394 g/mol. The predicted octanol–water partition coefficient (Wildman–Crippen LogP) is 1.02. The second-order valence-corrected chi connectivity index (χ2v) is 8.49. The Morgan fingerprint density at radius 2 is 1.66 bits per heavy atom. The van der Waals surface area contributed by atoms with Crippen molar-refractivity contribution in [3.63, 3.8) is 0 Å². The van der Waals surface area contributed by atoms with E-state index in [0.29, 0.717) is 5.75 Å². The quantitative estimate of drug-likeness (QED) is 0.688. The first-order chi connectivity index (χ1) is 13.9. The molecule has 1 fully saturated rings. The molecule has 1 aliphatic rings. The van der Waals surface area contributed by atoms with Crippen LogP contribution in [0.4, 0.5) is 5.69 Å². The zero-order valence-electron chi connectivity index (χ0n) is 17.2. The number of quaternary nitrogens is 1. The number of benzene rings is 1. The highest BCUT2D eigenvalue weighted by Crippen LogP contribution is 2.23. The fourth-order valence-corrected chi connectivity index (χ4v) is 3.98. The van der Waals surface area contributed by atoms with Gasteiger partial charge in [-0.25, -0.2) is 4.68 Å². The maximum absolute atomic E-state index is 9.54. The van der Waals surface area contributed by atoms with Crippen LogP contribution in [0.3, 0.4) is 0 Å². The highest BCUT2D eigenvalue weighted by atomic mass is 16.3. The largest absolute Gasteiger partial charge is 0.508 e. The Labute approximate surface area is 170 Å². The van der Waals surface area contributed by atoms with Crippen LogP contribution in [0.2, 0.25) is 0 Å². The van der Waals surface area contributed by atoms with Crippen LogP contribution in [0, 0.1) is 0 Å². The van der Waals surface area contributed by atoms with Crippen LogP contribution in [-0.2, 0) is 5.54 Å². The zero-order valence-corrected chi connectivity index (χ0v) is 17.2. The van der Waals surface area contributed by atoms with Gasteiger partial charge in [0.2, 0.25) is 5.82 Å². The molecule has 2 N–H and O–H groups in total. The lowest BCUT2D eigenvalue weighted by atomic mass is 10.0. The number of rotatable bonds is 4. The van der Waals surface area contributed by atoms with Gasteiger partial charge in [-0.1, -0.05) is 0 Å². The molecule has 0 bridgehead atoms. The lowest BCUT2D eigenvalue weighted by Crippen LogP contribution is -3.15. The Morgan fingerprint density at radius 1 is 1.00 bits per heavy atom. The van der Waals surface area contributed by atoms with Crippen LogP contribution >= 0.6 is 0 Å². The van der Waals surface area contributed by atoms with E-state index in [1.807, 2.05) is 29.2 Å². The van der Waals surface area contributed by atoms with Crippen LogP contribution in [0.15, 0.2) is 48.8 Å². The second kappa shape index (κ2) is 7.79. The Hall–Kier alpha value is -3.00. The van der Waals surface area contributed by atoms with Gasteiger partial charge in [0, 0.05) is 23.6 Å². The van der Waals surface area contributed by atoms with Crippen molar-refractivity contribution in [3.8, 4) is 5.75 Å². The summed E-state index contributed by atoms with van der Waals surface area (Å²) in [6.07, 6.45) is 3.67. The van der Waals surface area contributed by atoms with Crippen LogP contribution in [0.5, 0.6) is 5.75 Å². The SMILES string of the molecule is CC(C)(C)n1nnnc1[C@@H](c1ccncc1)[NH+]1CCN(c2ccc(O)cc2)CC1. The lowest BCUT2D eigenvalue weighted by molar-refractivity contribution is -0.927. The maximum atomic E-state index is 9.54. The minimum absolute atomic E-state index is 0.0502. The molecular weight excluding hydrogens is 366 g/mol. The molecule has 2 aromatic heterocycles. The van der Waals surface area contributed by atoms with Gasteiger partial charge in [0.25, 0.3) is 0 Å². The number of piperazine rings is 1. The third-order valence-corrected chi connectivity index (χ3v) is 5.46. The van der Waals surface area contributed by atoms with Crippen molar-refractivity contribution in [3.05, 3.63) is 60.2 Å². The van der Waals surface area contributed by atoms with Crippen molar-refractivity contribution in [2.45, 2.75) is 32.4 Å². The van der Waals surface area contributed by atoms with Gasteiger partial charge < -0.3 is 14.9 Å². The first kappa shape index (κ1) is 19.3. The van der Waals surface area contributed by atoms with Crippen LogP contribution in [0.1, 0.15) is 38.2 Å². The number of tetrazole rings is 1. The van der Waals surface area contributed by atoms with Crippen LogP contribution in [-0.4, -0.2) is 56.5 Å². The molecule has 1 saturated heterocycles. The summed E-state index contributed by atoms with van der Waals surface area (Å²) in [7, 11) is 0. The molecule has 0 saturated carbocycles. The summed E-state index contributed by atoms with van der Waals surface area (Å²) in [5.74, 6) is 1.18. The molecule has 29 heavy (non-hydrogen) atoms. The Balaban J connectivity index is 1.60. The van der Waals surface area contributed by atoms with E-state index in [0.717, 1.165) is 37.7 Å². The zero-order chi connectivity index (χ0) is 20.4. The van der Waals surface area contributed by atoms with Gasteiger partial charge in [-0.15, -0.1) is 5.10 Å². The highest BCUT2D eigenvalue weighted by Gasteiger charge is 2.36. The maximum Gasteiger partial charge on any atom is 0.214 e. The summed E-state index contributed by atoms with van der Waals surface area (Å²) in [6, 6.07) is 11.6. The second-order valence-electron chi connectivity index (χ2n) is 8.49. The van der Waals surface area contributed by atoms with Crippen molar-refractivity contribution in [1.29, 1.82) is 0 Å². The molecule has 4 rings (SSSR count). The average Bonchev–Trinajstić information content (AvgIpc) is 3.20. The smallest absolute Gasteiger partial charge is 0.214 e. The number of phenols is 1. The van der Waals surface area contributed by atoms with Crippen molar-refractivity contribution >= 4 is 5.69 Å². The molecule has 1 aliphatic heterocycles. The molecule has 8 nitrogen and oxygen atoms in total. The van der Waals surface area contributed by atoms with Gasteiger partial charge in [-0.05, 0) is 67.6 Å². The Bertz CT molecular complexity index is 926. The third kappa shape index (κ3) is 4.07.